The Morgan fingerprint density at radius 1 is 1.57 bits per heavy atom. The van der Waals surface area contributed by atoms with Gasteiger partial charge in [0.15, 0.2) is 0 Å². The molecule has 4 heteroatoms. The first-order valence-electron chi connectivity index (χ1n) is 4.16. The maximum Gasteiger partial charge on any atom is 0.137 e. The highest BCUT2D eigenvalue weighted by Crippen LogP contribution is 2.37. The van der Waals surface area contributed by atoms with Crippen LogP contribution < -0.4 is 10.5 Å². The van der Waals surface area contributed by atoms with Gasteiger partial charge in [0.1, 0.15) is 5.75 Å². The lowest BCUT2D eigenvalue weighted by Crippen LogP contribution is -1.94. The van der Waals surface area contributed by atoms with E-state index in [2.05, 4.69) is 15.9 Å². The lowest BCUT2D eigenvalue weighted by atomic mass is 10.1. The van der Waals surface area contributed by atoms with E-state index >= 15 is 0 Å². The van der Waals surface area contributed by atoms with E-state index in [-0.39, 0.29) is 0 Å². The Labute approximate surface area is 94.8 Å². The third kappa shape index (κ3) is 1.38. The van der Waals surface area contributed by atoms with Gasteiger partial charge in [0, 0.05) is 16.4 Å². The minimum absolute atomic E-state index is 0.751. The van der Waals surface area contributed by atoms with Crippen LogP contribution in [-0.2, 0) is 5.33 Å². The molecule has 0 amide bonds. The van der Waals surface area contributed by atoms with Crippen molar-refractivity contribution in [3.05, 3.63) is 23.1 Å². The van der Waals surface area contributed by atoms with Crippen molar-refractivity contribution in [1.82, 2.24) is 0 Å². The maximum absolute atomic E-state index is 6.02. The van der Waals surface area contributed by atoms with Crippen LogP contribution in [0.1, 0.15) is 5.56 Å². The number of ether oxygens (including phenoxy) is 1. The topological polar surface area (TPSA) is 35.2 Å². The Balaban J connectivity index is 2.80. The maximum atomic E-state index is 6.02. The number of benzene rings is 1. The number of thiophene rings is 1. The number of hydrogen-bond acceptors (Lipinski definition) is 3. The van der Waals surface area contributed by atoms with Crippen molar-refractivity contribution >= 4 is 43.0 Å². The highest BCUT2D eigenvalue weighted by atomic mass is 79.9. The molecule has 2 rings (SSSR count). The fourth-order valence-electron chi connectivity index (χ4n) is 1.45. The van der Waals surface area contributed by atoms with Gasteiger partial charge >= 0.3 is 0 Å². The summed E-state index contributed by atoms with van der Waals surface area (Å²) in [5.74, 6) is 0.902. The van der Waals surface area contributed by atoms with Gasteiger partial charge in [0.05, 0.1) is 11.8 Å². The lowest BCUT2D eigenvalue weighted by molar-refractivity contribution is 0.420. The molecular weight excluding hydrogens is 262 g/mol. The number of hydrogen-bond donors (Lipinski definition) is 1. The van der Waals surface area contributed by atoms with Crippen molar-refractivity contribution in [1.29, 1.82) is 0 Å². The zero-order chi connectivity index (χ0) is 10.1. The van der Waals surface area contributed by atoms with E-state index < -0.39 is 0 Å². The quantitative estimate of drug-likeness (QED) is 0.671. The van der Waals surface area contributed by atoms with Gasteiger partial charge in [-0.2, -0.15) is 0 Å². The molecule has 0 fully saturated rings. The molecule has 14 heavy (non-hydrogen) atoms. The minimum atomic E-state index is 0.751. The van der Waals surface area contributed by atoms with E-state index in [0.717, 1.165) is 32.4 Å². The molecule has 0 atom stereocenters. The molecule has 1 aromatic heterocycles. The Kier molecular flexibility index (Phi) is 2.65. The summed E-state index contributed by atoms with van der Waals surface area (Å²) in [5.41, 5.74) is 7.94. The van der Waals surface area contributed by atoms with Crippen LogP contribution in [0, 0.1) is 0 Å². The molecule has 1 aromatic carbocycles. The van der Waals surface area contributed by atoms with Crippen molar-refractivity contribution < 1.29 is 4.74 Å². The van der Waals surface area contributed by atoms with Gasteiger partial charge in [-0.3, -0.25) is 0 Å². The van der Waals surface area contributed by atoms with Crippen LogP contribution >= 0.6 is 27.3 Å². The van der Waals surface area contributed by atoms with E-state index in [1.807, 2.05) is 17.5 Å². The molecule has 0 aliphatic rings. The lowest BCUT2D eigenvalue weighted by Gasteiger charge is -2.08. The van der Waals surface area contributed by atoms with Crippen LogP contribution in [0.15, 0.2) is 17.5 Å². The Morgan fingerprint density at radius 3 is 3.00 bits per heavy atom. The average molecular weight is 272 g/mol. The Morgan fingerprint density at radius 2 is 2.36 bits per heavy atom. The van der Waals surface area contributed by atoms with Gasteiger partial charge in [-0.25, -0.2) is 0 Å². The zero-order valence-electron chi connectivity index (χ0n) is 7.71. The third-order valence-electron chi connectivity index (χ3n) is 2.19. The molecule has 2 nitrogen and oxygen atoms in total. The Bertz CT molecular complexity index is 466. The van der Waals surface area contributed by atoms with Crippen LogP contribution in [0.25, 0.3) is 10.1 Å². The molecule has 0 spiro atoms. The van der Waals surface area contributed by atoms with Crippen molar-refractivity contribution in [2.24, 2.45) is 0 Å². The molecule has 0 unspecified atom stereocenters. The van der Waals surface area contributed by atoms with E-state index in [0.29, 0.717) is 0 Å². The van der Waals surface area contributed by atoms with E-state index in [4.69, 9.17) is 10.5 Å². The first kappa shape index (κ1) is 9.80. The number of methoxy groups -OCH3 is 1. The largest absolute Gasteiger partial charge is 0.495 e. The molecule has 2 N–H and O–H groups in total. The SMILES string of the molecule is COc1cc(CBr)c(N)c2ccsc12. The number of nitrogen functional groups attached to an aromatic ring is 1. The van der Waals surface area contributed by atoms with Crippen molar-refractivity contribution in [3.63, 3.8) is 0 Å². The van der Waals surface area contributed by atoms with E-state index in [1.165, 1.54) is 0 Å². The van der Waals surface area contributed by atoms with Crippen molar-refractivity contribution in [2.45, 2.75) is 5.33 Å². The molecular formula is C10H10BrNOS. The second-order valence-corrected chi connectivity index (χ2v) is 4.43. The Hall–Kier alpha value is -0.740. The summed E-state index contributed by atoms with van der Waals surface area (Å²) in [7, 11) is 1.68. The molecule has 0 aliphatic carbocycles. The summed E-state index contributed by atoms with van der Waals surface area (Å²) in [6.07, 6.45) is 0. The standard InChI is InChI=1S/C10H10BrNOS/c1-13-8-4-6(5-11)9(12)7-2-3-14-10(7)8/h2-4H,5,12H2,1H3. The second-order valence-electron chi connectivity index (χ2n) is 2.95. The molecule has 0 bridgehead atoms. The number of halogens is 1. The fourth-order valence-corrected chi connectivity index (χ4v) is 2.82. The van der Waals surface area contributed by atoms with Crippen LogP contribution in [0.3, 0.4) is 0 Å². The van der Waals surface area contributed by atoms with Crippen LogP contribution in [-0.4, -0.2) is 7.11 Å². The highest BCUT2D eigenvalue weighted by Gasteiger charge is 2.10. The van der Waals surface area contributed by atoms with Gasteiger partial charge in [0.25, 0.3) is 0 Å². The molecule has 1 heterocycles. The summed E-state index contributed by atoms with van der Waals surface area (Å²) in [6.45, 7) is 0. The zero-order valence-corrected chi connectivity index (χ0v) is 10.1. The first-order valence-corrected chi connectivity index (χ1v) is 6.16. The molecule has 0 radical (unpaired) electrons. The predicted octanol–water partition coefficient (Wildman–Crippen LogP) is 3.39. The molecule has 0 saturated heterocycles. The minimum Gasteiger partial charge on any atom is -0.495 e. The summed E-state index contributed by atoms with van der Waals surface area (Å²) in [4.78, 5) is 0. The predicted molar refractivity (Wildman–Crippen MR) is 65.4 cm³/mol. The van der Waals surface area contributed by atoms with E-state index in [9.17, 15) is 0 Å². The summed E-state index contributed by atoms with van der Waals surface area (Å²) in [6, 6.07) is 4.02. The van der Waals surface area contributed by atoms with Gasteiger partial charge < -0.3 is 10.5 Å². The summed E-state index contributed by atoms with van der Waals surface area (Å²) < 4.78 is 6.44. The number of nitrogens with two attached hydrogens (primary N) is 1. The van der Waals surface area contributed by atoms with Crippen molar-refractivity contribution in [2.75, 3.05) is 12.8 Å². The van der Waals surface area contributed by atoms with Gasteiger partial charge in [-0.05, 0) is 23.1 Å². The number of fused-ring (bicyclic) bond motifs is 1. The summed E-state index contributed by atoms with van der Waals surface area (Å²) >= 11 is 5.07. The number of rotatable bonds is 2. The average Bonchev–Trinajstić information content (AvgIpc) is 2.68. The number of anilines is 1. The number of alkyl halides is 1. The van der Waals surface area contributed by atoms with Crippen LogP contribution in [0.4, 0.5) is 5.69 Å². The second kappa shape index (κ2) is 3.79. The monoisotopic (exact) mass is 271 g/mol. The summed E-state index contributed by atoms with van der Waals surface area (Å²) in [5, 5.41) is 3.87. The van der Waals surface area contributed by atoms with Gasteiger partial charge in [0.2, 0.25) is 0 Å². The fraction of sp³-hybridized carbons (Fsp3) is 0.200. The van der Waals surface area contributed by atoms with Gasteiger partial charge in [-0.15, -0.1) is 11.3 Å². The first-order chi connectivity index (χ1) is 6.77. The van der Waals surface area contributed by atoms with Crippen LogP contribution in [0.5, 0.6) is 5.75 Å². The molecule has 0 aliphatic heterocycles. The highest BCUT2D eigenvalue weighted by molar-refractivity contribution is 9.08. The molecule has 74 valence electrons. The van der Waals surface area contributed by atoms with Crippen molar-refractivity contribution in [3.8, 4) is 5.75 Å². The smallest absolute Gasteiger partial charge is 0.137 e. The van der Waals surface area contributed by atoms with Gasteiger partial charge in [-0.1, -0.05) is 15.9 Å². The molecule has 2 aromatic rings. The van der Waals surface area contributed by atoms with E-state index in [1.54, 1.807) is 18.4 Å². The molecule has 0 saturated carbocycles. The normalized spacial score (nSPS) is 10.7. The third-order valence-corrected chi connectivity index (χ3v) is 3.73. The van der Waals surface area contributed by atoms with Crippen LogP contribution in [0.2, 0.25) is 0 Å².